The van der Waals surface area contributed by atoms with Crippen LogP contribution in [0.5, 0.6) is 0 Å². The minimum absolute atomic E-state index is 0.0801. The summed E-state index contributed by atoms with van der Waals surface area (Å²) >= 11 is 0. The normalized spacial score (nSPS) is 23.0. The molecule has 3 aliphatic heterocycles. The van der Waals surface area contributed by atoms with E-state index in [9.17, 15) is 4.79 Å². The van der Waals surface area contributed by atoms with Crippen LogP contribution in [0.4, 0.5) is 17.1 Å². The lowest BCUT2D eigenvalue weighted by Crippen LogP contribution is -2.44. The summed E-state index contributed by atoms with van der Waals surface area (Å²) in [7, 11) is 0. The highest BCUT2D eigenvalue weighted by Gasteiger charge is 2.41. The predicted octanol–water partition coefficient (Wildman–Crippen LogP) is 3.74. The predicted molar refractivity (Wildman–Crippen MR) is 112 cm³/mol. The summed E-state index contributed by atoms with van der Waals surface area (Å²) in [5.41, 5.74) is 7.79. The van der Waals surface area contributed by atoms with Crippen molar-refractivity contribution in [3.63, 3.8) is 0 Å². The maximum atomic E-state index is 12.1. The number of carbonyl (C=O) groups is 1. The van der Waals surface area contributed by atoms with Gasteiger partial charge in [0, 0.05) is 53.2 Å². The number of fused-ring (bicyclic) bond motifs is 3. The van der Waals surface area contributed by atoms with Gasteiger partial charge in [0.1, 0.15) is 0 Å². The number of carbonyl (C=O) groups excluding carboxylic acids is 1. The quantitative estimate of drug-likeness (QED) is 0.798. The van der Waals surface area contributed by atoms with Gasteiger partial charge in [-0.15, -0.1) is 0 Å². The van der Waals surface area contributed by atoms with Crippen LogP contribution in [0.3, 0.4) is 0 Å². The Kier molecular flexibility index (Phi) is 4.37. The van der Waals surface area contributed by atoms with E-state index in [0.29, 0.717) is 18.6 Å². The van der Waals surface area contributed by atoms with Crippen molar-refractivity contribution in [3.8, 4) is 0 Å². The van der Waals surface area contributed by atoms with E-state index in [1.807, 2.05) is 25.1 Å². The molecule has 2 atom stereocenters. The van der Waals surface area contributed by atoms with Crippen molar-refractivity contribution in [1.82, 2.24) is 5.32 Å². The van der Waals surface area contributed by atoms with Crippen molar-refractivity contribution in [2.45, 2.75) is 38.8 Å². The van der Waals surface area contributed by atoms with E-state index in [1.165, 1.54) is 23.2 Å². The van der Waals surface area contributed by atoms with Crippen LogP contribution in [0, 0.1) is 6.92 Å². The third-order valence-electron chi connectivity index (χ3n) is 6.32. The topological polar surface area (TPSA) is 53.6 Å². The molecule has 28 heavy (non-hydrogen) atoms. The van der Waals surface area contributed by atoms with E-state index >= 15 is 0 Å². The number of nitrogens with one attached hydrogen (secondary N) is 2. The van der Waals surface area contributed by atoms with Gasteiger partial charge in [-0.2, -0.15) is 0 Å². The number of ketones is 1. The zero-order chi connectivity index (χ0) is 19.3. The molecule has 5 heteroatoms. The number of rotatable bonds is 3. The van der Waals surface area contributed by atoms with Crippen molar-refractivity contribution < 1.29 is 9.53 Å². The van der Waals surface area contributed by atoms with E-state index in [0.717, 1.165) is 48.7 Å². The third-order valence-corrected chi connectivity index (χ3v) is 6.32. The number of aryl methyl sites for hydroxylation is 1. The monoisotopic (exact) mass is 377 g/mol. The highest BCUT2D eigenvalue weighted by molar-refractivity contribution is 6.00. The van der Waals surface area contributed by atoms with Crippen molar-refractivity contribution >= 4 is 22.8 Å². The molecule has 0 radical (unpaired) electrons. The Morgan fingerprint density at radius 3 is 3.04 bits per heavy atom. The number of anilines is 3. The lowest BCUT2D eigenvalue weighted by molar-refractivity contribution is 0.101. The van der Waals surface area contributed by atoms with Crippen molar-refractivity contribution in [2.24, 2.45) is 0 Å². The fraction of sp³-hybridized carbons (Fsp3) is 0.435. The number of hydrogen-bond acceptors (Lipinski definition) is 5. The van der Waals surface area contributed by atoms with Gasteiger partial charge < -0.3 is 20.3 Å². The SMILES string of the molecule is CC(=O)c1cc(C)ccc1Nc1cc2c3c(c1)[C@@H]1CNCC[C@@H]1N3CCOC2. The summed E-state index contributed by atoms with van der Waals surface area (Å²) in [6, 6.07) is 11.1. The van der Waals surface area contributed by atoms with Crippen LogP contribution in [-0.4, -0.2) is 38.1 Å². The van der Waals surface area contributed by atoms with Crippen LogP contribution in [0.15, 0.2) is 30.3 Å². The number of Topliss-reactive ketones (excluding diaryl/α,β-unsaturated/α-hetero) is 1. The molecule has 0 bridgehead atoms. The van der Waals surface area contributed by atoms with E-state index < -0.39 is 0 Å². The van der Waals surface area contributed by atoms with Gasteiger partial charge >= 0.3 is 0 Å². The molecule has 146 valence electrons. The second-order valence-corrected chi connectivity index (χ2v) is 8.22. The number of ether oxygens (including phenoxy) is 1. The Hall–Kier alpha value is -2.37. The molecular formula is C23H27N3O2. The van der Waals surface area contributed by atoms with Gasteiger partial charge in [0.15, 0.2) is 5.78 Å². The van der Waals surface area contributed by atoms with Crippen molar-refractivity contribution in [2.75, 3.05) is 36.5 Å². The molecule has 2 N–H and O–H groups in total. The van der Waals surface area contributed by atoms with Crippen LogP contribution in [-0.2, 0) is 11.3 Å². The first-order chi connectivity index (χ1) is 13.6. The molecule has 0 aromatic heterocycles. The minimum atomic E-state index is 0.0801. The second-order valence-electron chi connectivity index (χ2n) is 8.22. The Morgan fingerprint density at radius 2 is 2.18 bits per heavy atom. The zero-order valence-corrected chi connectivity index (χ0v) is 16.5. The molecule has 5 nitrogen and oxygen atoms in total. The lowest BCUT2D eigenvalue weighted by atomic mass is 9.89. The molecular weight excluding hydrogens is 350 g/mol. The van der Waals surface area contributed by atoms with Crippen molar-refractivity contribution in [1.29, 1.82) is 0 Å². The van der Waals surface area contributed by atoms with Crippen LogP contribution in [0.2, 0.25) is 0 Å². The summed E-state index contributed by atoms with van der Waals surface area (Å²) in [6.45, 7) is 8.15. The fourth-order valence-electron chi connectivity index (χ4n) is 5.07. The molecule has 2 aromatic rings. The van der Waals surface area contributed by atoms with E-state index in [4.69, 9.17) is 4.74 Å². The maximum Gasteiger partial charge on any atom is 0.161 e. The van der Waals surface area contributed by atoms with E-state index in [-0.39, 0.29) is 5.78 Å². The average molecular weight is 377 g/mol. The number of benzene rings is 2. The molecule has 5 rings (SSSR count). The summed E-state index contributed by atoms with van der Waals surface area (Å²) < 4.78 is 5.90. The van der Waals surface area contributed by atoms with E-state index in [1.54, 1.807) is 6.92 Å². The van der Waals surface area contributed by atoms with Gasteiger partial charge in [-0.25, -0.2) is 0 Å². The average Bonchev–Trinajstić information content (AvgIpc) is 2.85. The molecule has 0 unspecified atom stereocenters. The second kappa shape index (κ2) is 6.90. The van der Waals surface area contributed by atoms with Crippen LogP contribution < -0.4 is 15.5 Å². The Bertz CT molecular complexity index is 940. The fourth-order valence-corrected chi connectivity index (χ4v) is 5.07. The molecule has 0 amide bonds. The van der Waals surface area contributed by atoms with Crippen LogP contribution in [0.1, 0.15) is 46.3 Å². The first kappa shape index (κ1) is 17.7. The Balaban J connectivity index is 1.57. The molecule has 3 heterocycles. The number of hydrogen-bond donors (Lipinski definition) is 2. The molecule has 1 saturated heterocycles. The lowest BCUT2D eigenvalue weighted by Gasteiger charge is -2.33. The molecule has 0 spiro atoms. The summed E-state index contributed by atoms with van der Waals surface area (Å²) in [4.78, 5) is 14.7. The molecule has 0 aliphatic carbocycles. The maximum absolute atomic E-state index is 12.1. The standard InChI is InChI=1S/C23H27N3O2/c1-14-3-4-21(18(9-14)15(2)27)25-17-10-16-13-28-8-7-26-22-5-6-24-12-20(22)19(11-17)23(16)26/h3-4,9-11,20,22,24-25H,5-8,12-13H2,1-2H3/t20-,22-/m0/s1. The number of piperidine rings is 1. The van der Waals surface area contributed by atoms with Crippen LogP contribution >= 0.6 is 0 Å². The first-order valence-electron chi connectivity index (χ1n) is 10.2. The Labute approximate surface area is 166 Å². The van der Waals surface area contributed by atoms with Gasteiger partial charge in [0.2, 0.25) is 0 Å². The number of nitrogens with zero attached hydrogens (tertiary/aromatic N) is 1. The molecule has 3 aliphatic rings. The van der Waals surface area contributed by atoms with Gasteiger partial charge in [0.05, 0.1) is 13.2 Å². The van der Waals surface area contributed by atoms with Crippen molar-refractivity contribution in [3.05, 3.63) is 52.6 Å². The molecule has 1 fully saturated rings. The zero-order valence-electron chi connectivity index (χ0n) is 16.5. The first-order valence-corrected chi connectivity index (χ1v) is 10.2. The summed E-state index contributed by atoms with van der Waals surface area (Å²) in [6.07, 6.45) is 1.17. The highest BCUT2D eigenvalue weighted by atomic mass is 16.5. The van der Waals surface area contributed by atoms with E-state index in [2.05, 4.69) is 27.7 Å². The Morgan fingerprint density at radius 1 is 1.29 bits per heavy atom. The smallest absolute Gasteiger partial charge is 0.161 e. The molecule has 0 saturated carbocycles. The minimum Gasteiger partial charge on any atom is -0.375 e. The molecule has 2 aromatic carbocycles. The van der Waals surface area contributed by atoms with Crippen LogP contribution in [0.25, 0.3) is 0 Å². The van der Waals surface area contributed by atoms with Gasteiger partial charge in [0.25, 0.3) is 0 Å². The third kappa shape index (κ3) is 2.90. The van der Waals surface area contributed by atoms with Gasteiger partial charge in [-0.1, -0.05) is 11.6 Å². The van der Waals surface area contributed by atoms with Gasteiger partial charge in [-0.3, -0.25) is 4.79 Å². The summed E-state index contributed by atoms with van der Waals surface area (Å²) in [5.74, 6) is 0.601. The summed E-state index contributed by atoms with van der Waals surface area (Å²) in [5, 5.41) is 7.10. The van der Waals surface area contributed by atoms with Gasteiger partial charge in [-0.05, 0) is 56.6 Å². The highest BCUT2D eigenvalue weighted by Crippen LogP contribution is 2.47. The largest absolute Gasteiger partial charge is 0.375 e.